The molecule has 0 saturated carbocycles. The first-order valence-electron chi connectivity index (χ1n) is 13.9. The first-order valence-corrected chi connectivity index (χ1v) is 16.0. The molecular formula is C32H26ClN3O7S2. The highest BCUT2D eigenvalue weighted by molar-refractivity contribution is 8.00. The standard InChI is InChI=1S/C32H26ClN3O7S2/c1-3-43-31(40)18-4-10-20(11-5-18)34-23(37)16-35-30-27(45-32(35)41)24(17-6-14-22(42-2)15-7-17)25-26(44-30)29(39)36(28(25)38)21-12-8-19(33)9-13-21/h4-15,24-26H,3,16H2,1-2H3,(H,34,37)/t24-,25-,26+/m0/s1. The number of nitrogens with zero attached hydrogens (tertiary/aromatic N) is 2. The number of aromatic nitrogens is 1. The van der Waals surface area contributed by atoms with Crippen LogP contribution in [0.25, 0.3) is 0 Å². The summed E-state index contributed by atoms with van der Waals surface area (Å²) < 4.78 is 11.7. The van der Waals surface area contributed by atoms with Crippen molar-refractivity contribution in [1.82, 2.24) is 4.57 Å². The van der Waals surface area contributed by atoms with Gasteiger partial charge in [-0.2, -0.15) is 0 Å². The molecule has 230 valence electrons. The number of carbonyl (C=O) groups excluding carboxylic acids is 4. The van der Waals surface area contributed by atoms with E-state index in [1.807, 2.05) is 12.1 Å². The highest BCUT2D eigenvalue weighted by Gasteiger charge is 2.56. The molecule has 2 aliphatic rings. The predicted molar refractivity (Wildman–Crippen MR) is 172 cm³/mol. The number of fused-ring (bicyclic) bond motifs is 2. The third-order valence-electron chi connectivity index (χ3n) is 7.59. The Morgan fingerprint density at radius 3 is 2.27 bits per heavy atom. The summed E-state index contributed by atoms with van der Waals surface area (Å²) in [6.07, 6.45) is 0. The highest BCUT2D eigenvalue weighted by Crippen LogP contribution is 2.54. The minimum absolute atomic E-state index is 0.245. The molecule has 0 unspecified atom stereocenters. The lowest BCUT2D eigenvalue weighted by molar-refractivity contribution is -0.122. The van der Waals surface area contributed by atoms with Crippen molar-refractivity contribution < 1.29 is 28.7 Å². The van der Waals surface area contributed by atoms with Crippen LogP contribution in [0.1, 0.15) is 33.6 Å². The Morgan fingerprint density at radius 2 is 1.62 bits per heavy atom. The smallest absolute Gasteiger partial charge is 0.338 e. The number of hydrogen-bond donors (Lipinski definition) is 1. The molecule has 4 aromatic rings. The van der Waals surface area contributed by atoms with Crippen molar-refractivity contribution in [2.75, 3.05) is 23.9 Å². The fourth-order valence-corrected chi connectivity index (χ4v) is 8.42. The number of carbonyl (C=O) groups is 4. The Bertz CT molecular complexity index is 1850. The first-order chi connectivity index (χ1) is 21.7. The second-order valence-electron chi connectivity index (χ2n) is 10.3. The Morgan fingerprint density at radius 1 is 0.933 bits per heavy atom. The van der Waals surface area contributed by atoms with Crippen LogP contribution in [0, 0.1) is 5.92 Å². The van der Waals surface area contributed by atoms with E-state index in [0.717, 1.165) is 28.7 Å². The Balaban J connectivity index is 1.34. The van der Waals surface area contributed by atoms with Crippen LogP contribution < -0.4 is 19.8 Å². The van der Waals surface area contributed by atoms with E-state index in [0.29, 0.717) is 37.6 Å². The zero-order chi connectivity index (χ0) is 31.8. The summed E-state index contributed by atoms with van der Waals surface area (Å²) in [6.45, 7) is 1.65. The van der Waals surface area contributed by atoms with Gasteiger partial charge in [0.2, 0.25) is 17.7 Å². The van der Waals surface area contributed by atoms with Gasteiger partial charge < -0.3 is 14.8 Å². The summed E-state index contributed by atoms with van der Waals surface area (Å²) >= 11 is 8.15. The average molecular weight is 664 g/mol. The number of nitrogens with one attached hydrogen (secondary N) is 1. The Kier molecular flexibility index (Phi) is 8.54. The lowest BCUT2D eigenvalue weighted by Gasteiger charge is -2.30. The Hall–Kier alpha value is -4.39. The van der Waals surface area contributed by atoms with E-state index in [9.17, 15) is 24.0 Å². The summed E-state index contributed by atoms with van der Waals surface area (Å²) in [6, 6.07) is 19.9. The van der Waals surface area contributed by atoms with E-state index in [1.165, 1.54) is 21.6 Å². The minimum atomic E-state index is -0.827. The van der Waals surface area contributed by atoms with Crippen molar-refractivity contribution in [2.24, 2.45) is 5.92 Å². The second kappa shape index (κ2) is 12.5. The molecule has 3 aromatic carbocycles. The fraction of sp³-hybridized carbons (Fsp3) is 0.219. The van der Waals surface area contributed by atoms with Gasteiger partial charge in [0.15, 0.2) is 0 Å². The van der Waals surface area contributed by atoms with Crippen molar-refractivity contribution in [3.8, 4) is 5.75 Å². The van der Waals surface area contributed by atoms with Crippen molar-refractivity contribution >= 4 is 69.8 Å². The van der Waals surface area contributed by atoms with Crippen LogP contribution in [-0.4, -0.2) is 47.2 Å². The fourth-order valence-electron chi connectivity index (χ4n) is 5.52. The van der Waals surface area contributed by atoms with Crippen LogP contribution >= 0.6 is 34.7 Å². The maximum absolute atomic E-state index is 14.0. The van der Waals surface area contributed by atoms with E-state index in [2.05, 4.69) is 5.32 Å². The first kappa shape index (κ1) is 30.6. The van der Waals surface area contributed by atoms with Crippen molar-refractivity contribution in [3.05, 3.63) is 103 Å². The zero-order valence-electron chi connectivity index (χ0n) is 24.0. The van der Waals surface area contributed by atoms with Gasteiger partial charge in [-0.25, -0.2) is 9.69 Å². The molecule has 10 nitrogen and oxygen atoms in total. The number of hydrogen-bond acceptors (Lipinski definition) is 9. The number of benzene rings is 3. The van der Waals surface area contributed by atoms with E-state index >= 15 is 0 Å². The molecule has 1 aromatic heterocycles. The molecular weight excluding hydrogens is 638 g/mol. The number of halogens is 1. The predicted octanol–water partition coefficient (Wildman–Crippen LogP) is 5.18. The number of imide groups is 1. The van der Waals surface area contributed by atoms with E-state index in [4.69, 9.17) is 21.1 Å². The van der Waals surface area contributed by atoms with Crippen LogP contribution in [0.5, 0.6) is 5.75 Å². The van der Waals surface area contributed by atoms with E-state index in [-0.39, 0.29) is 23.9 Å². The molecule has 1 fully saturated rings. The molecule has 1 saturated heterocycles. The molecule has 0 bridgehead atoms. The third-order valence-corrected chi connectivity index (χ3v) is 10.4. The van der Waals surface area contributed by atoms with Gasteiger partial charge in [-0.3, -0.25) is 23.7 Å². The molecule has 0 aliphatic carbocycles. The monoisotopic (exact) mass is 663 g/mol. The maximum Gasteiger partial charge on any atom is 0.338 e. The number of anilines is 2. The second-order valence-corrected chi connectivity index (χ2v) is 12.8. The zero-order valence-corrected chi connectivity index (χ0v) is 26.4. The van der Waals surface area contributed by atoms with Crippen molar-refractivity contribution in [2.45, 2.75) is 29.7 Å². The minimum Gasteiger partial charge on any atom is -0.497 e. The molecule has 45 heavy (non-hydrogen) atoms. The van der Waals surface area contributed by atoms with Gasteiger partial charge in [-0.05, 0) is 73.2 Å². The molecule has 0 radical (unpaired) electrons. The van der Waals surface area contributed by atoms with Gasteiger partial charge in [-0.1, -0.05) is 46.8 Å². The molecule has 3 atom stereocenters. The van der Waals surface area contributed by atoms with Crippen LogP contribution in [0.15, 0.2) is 82.6 Å². The number of thiazole rings is 1. The molecule has 0 spiro atoms. The summed E-state index contributed by atoms with van der Waals surface area (Å²) in [5.74, 6) is -2.48. The summed E-state index contributed by atoms with van der Waals surface area (Å²) in [5.41, 5.74) is 1.93. The molecule has 3 heterocycles. The topological polar surface area (TPSA) is 124 Å². The quantitative estimate of drug-likeness (QED) is 0.202. The molecule has 1 N–H and O–H groups in total. The molecule has 6 rings (SSSR count). The SMILES string of the molecule is CCOC(=O)c1ccc(NC(=O)Cn2c3c(sc2=O)[C@@H](c2ccc(OC)cc2)[C@@H]2C(=O)N(c4ccc(Cl)cc4)C(=O)[C@@H]2S3)cc1. The van der Waals surface area contributed by atoms with Crippen molar-refractivity contribution in [3.63, 3.8) is 0 Å². The average Bonchev–Trinajstić information content (AvgIpc) is 3.48. The van der Waals surface area contributed by atoms with Crippen LogP contribution in [0.3, 0.4) is 0 Å². The number of methoxy groups -OCH3 is 1. The number of esters is 1. The van der Waals surface area contributed by atoms with Gasteiger partial charge in [0.1, 0.15) is 17.5 Å². The lowest BCUT2D eigenvalue weighted by atomic mass is 9.83. The van der Waals surface area contributed by atoms with Crippen LogP contribution in [0.4, 0.5) is 11.4 Å². The maximum atomic E-state index is 14.0. The van der Waals surface area contributed by atoms with Gasteiger partial charge in [0, 0.05) is 21.5 Å². The van der Waals surface area contributed by atoms with Gasteiger partial charge in [-0.15, -0.1) is 0 Å². The van der Waals surface area contributed by atoms with Crippen LogP contribution in [-0.2, 0) is 25.7 Å². The van der Waals surface area contributed by atoms with E-state index in [1.54, 1.807) is 62.6 Å². The van der Waals surface area contributed by atoms with Crippen molar-refractivity contribution in [1.29, 1.82) is 0 Å². The third kappa shape index (κ3) is 5.76. The van der Waals surface area contributed by atoms with Gasteiger partial charge in [0.25, 0.3) is 0 Å². The normalized spacial score (nSPS) is 18.7. The van der Waals surface area contributed by atoms with Gasteiger partial charge >= 0.3 is 10.8 Å². The lowest BCUT2D eigenvalue weighted by Crippen LogP contribution is -2.33. The Labute approximate surface area is 270 Å². The van der Waals surface area contributed by atoms with Gasteiger partial charge in [0.05, 0.1) is 35.9 Å². The molecule has 13 heteroatoms. The number of rotatable bonds is 8. The number of thioether (sulfide) groups is 1. The van der Waals surface area contributed by atoms with Crippen LogP contribution in [0.2, 0.25) is 5.02 Å². The van der Waals surface area contributed by atoms with E-state index < -0.39 is 34.9 Å². The number of ether oxygens (including phenoxy) is 2. The summed E-state index contributed by atoms with van der Waals surface area (Å²) in [4.78, 5) is 67.7. The number of amides is 3. The highest BCUT2D eigenvalue weighted by atomic mass is 35.5. The largest absolute Gasteiger partial charge is 0.497 e. The molecule has 2 aliphatic heterocycles. The molecule has 3 amide bonds. The summed E-state index contributed by atoms with van der Waals surface area (Å²) in [7, 11) is 1.55. The summed E-state index contributed by atoms with van der Waals surface area (Å²) in [5, 5.41) is 2.87.